The molecule has 0 aliphatic rings. The van der Waals surface area contributed by atoms with Gasteiger partial charge in [0, 0.05) is 30.7 Å². The Labute approximate surface area is 161 Å². The first kappa shape index (κ1) is 17.8. The fourth-order valence-electron chi connectivity index (χ4n) is 3.06. The second kappa shape index (κ2) is 7.22. The van der Waals surface area contributed by atoms with Crippen LogP contribution in [0.25, 0.3) is 22.2 Å². The van der Waals surface area contributed by atoms with E-state index in [4.69, 9.17) is 9.61 Å². The lowest BCUT2D eigenvalue weighted by atomic mass is 10.0. The summed E-state index contributed by atoms with van der Waals surface area (Å²) in [5.74, 6) is -0.120. The van der Waals surface area contributed by atoms with Gasteiger partial charge in [0.25, 0.3) is 5.91 Å². The Kier molecular flexibility index (Phi) is 4.60. The average molecular weight is 376 g/mol. The van der Waals surface area contributed by atoms with Gasteiger partial charge in [-0.25, -0.2) is 9.61 Å². The number of benzene rings is 1. The third-order valence-corrected chi connectivity index (χ3v) is 4.68. The molecule has 4 aromatic rings. The summed E-state index contributed by atoms with van der Waals surface area (Å²) < 4.78 is 6.57. The van der Waals surface area contributed by atoms with Gasteiger partial charge in [-0.05, 0) is 26.0 Å². The van der Waals surface area contributed by atoms with E-state index in [1.165, 1.54) is 0 Å². The summed E-state index contributed by atoms with van der Waals surface area (Å²) in [6.07, 6.45) is 3.70. The summed E-state index contributed by atoms with van der Waals surface area (Å²) in [5.41, 5.74) is 4.25. The molecule has 3 aromatic heterocycles. The third-order valence-electron chi connectivity index (χ3n) is 4.68. The van der Waals surface area contributed by atoms with Crippen molar-refractivity contribution in [1.82, 2.24) is 30.0 Å². The van der Waals surface area contributed by atoms with E-state index in [1.54, 1.807) is 25.1 Å². The van der Waals surface area contributed by atoms with Crippen molar-refractivity contribution in [3.8, 4) is 11.3 Å². The number of hydrogen-bond donors (Lipinski definition) is 0. The first-order valence-electron chi connectivity index (χ1n) is 9.03. The Balaban J connectivity index is 1.76. The number of aromatic nitrogens is 5. The first-order valence-corrected chi connectivity index (χ1v) is 9.03. The predicted octanol–water partition coefficient (Wildman–Crippen LogP) is 3.08. The molecule has 0 unspecified atom stereocenters. The lowest BCUT2D eigenvalue weighted by Crippen LogP contribution is -2.27. The van der Waals surface area contributed by atoms with Crippen molar-refractivity contribution in [3.05, 3.63) is 59.7 Å². The highest BCUT2D eigenvalue weighted by Gasteiger charge is 2.20. The van der Waals surface area contributed by atoms with Gasteiger partial charge in [0.1, 0.15) is 11.4 Å². The molecule has 4 rings (SSSR count). The number of para-hydroxylation sites is 1. The van der Waals surface area contributed by atoms with Gasteiger partial charge in [0.15, 0.2) is 0 Å². The molecule has 0 spiro atoms. The summed E-state index contributed by atoms with van der Waals surface area (Å²) in [7, 11) is 1.74. The maximum Gasteiger partial charge on any atom is 0.254 e. The quantitative estimate of drug-likeness (QED) is 0.532. The van der Waals surface area contributed by atoms with Gasteiger partial charge in [-0.3, -0.25) is 9.48 Å². The smallest absolute Gasteiger partial charge is 0.254 e. The highest BCUT2D eigenvalue weighted by Crippen LogP contribution is 2.26. The van der Waals surface area contributed by atoms with E-state index in [2.05, 4.69) is 15.4 Å². The van der Waals surface area contributed by atoms with Crippen LogP contribution in [-0.4, -0.2) is 42.9 Å². The van der Waals surface area contributed by atoms with Gasteiger partial charge >= 0.3 is 0 Å². The zero-order chi connectivity index (χ0) is 19.7. The van der Waals surface area contributed by atoms with Crippen LogP contribution in [0.15, 0.2) is 47.4 Å². The van der Waals surface area contributed by atoms with E-state index in [0.29, 0.717) is 23.5 Å². The van der Waals surface area contributed by atoms with Crippen molar-refractivity contribution < 1.29 is 9.42 Å². The summed E-state index contributed by atoms with van der Waals surface area (Å²) in [5, 5.41) is 12.8. The molecule has 0 fully saturated rings. The number of pyridine rings is 1. The van der Waals surface area contributed by atoms with E-state index in [-0.39, 0.29) is 5.91 Å². The molecule has 0 N–H and O–H groups in total. The zero-order valence-corrected chi connectivity index (χ0v) is 16.0. The second-order valence-electron chi connectivity index (χ2n) is 6.61. The molecular formula is C20H20N6O2. The zero-order valence-electron chi connectivity index (χ0n) is 16.0. The Morgan fingerprint density at radius 3 is 2.79 bits per heavy atom. The van der Waals surface area contributed by atoms with Crippen LogP contribution in [0.1, 0.15) is 28.7 Å². The van der Waals surface area contributed by atoms with Crippen LogP contribution in [0.4, 0.5) is 0 Å². The molecule has 0 atom stereocenters. The lowest BCUT2D eigenvalue weighted by Gasteiger charge is -2.17. The number of amides is 1. The average Bonchev–Trinajstić information content (AvgIpc) is 3.36. The van der Waals surface area contributed by atoms with Gasteiger partial charge in [-0.2, -0.15) is 5.10 Å². The van der Waals surface area contributed by atoms with Crippen molar-refractivity contribution in [2.45, 2.75) is 26.9 Å². The van der Waals surface area contributed by atoms with Crippen LogP contribution in [0.5, 0.6) is 0 Å². The molecule has 0 saturated heterocycles. The number of carbonyl (C=O) groups excluding carboxylic acids is 1. The van der Waals surface area contributed by atoms with Gasteiger partial charge in [0.2, 0.25) is 0 Å². The lowest BCUT2D eigenvalue weighted by molar-refractivity contribution is 0.0783. The van der Waals surface area contributed by atoms with Crippen LogP contribution < -0.4 is 0 Å². The van der Waals surface area contributed by atoms with Crippen LogP contribution in [0.2, 0.25) is 0 Å². The minimum Gasteiger partial charge on any atom is -0.336 e. The van der Waals surface area contributed by atoms with Gasteiger partial charge in [-0.1, -0.05) is 28.5 Å². The normalized spacial score (nSPS) is 11.1. The monoisotopic (exact) mass is 376 g/mol. The maximum atomic E-state index is 13.2. The first-order chi connectivity index (χ1) is 13.6. The highest BCUT2D eigenvalue weighted by atomic mass is 16.6. The van der Waals surface area contributed by atoms with Crippen LogP contribution >= 0.6 is 0 Å². The number of hydrogen-bond acceptors (Lipinski definition) is 6. The summed E-state index contributed by atoms with van der Waals surface area (Å²) in [6, 6.07) is 9.46. The minimum atomic E-state index is -0.120. The van der Waals surface area contributed by atoms with Crippen molar-refractivity contribution in [3.63, 3.8) is 0 Å². The number of fused-ring (bicyclic) bond motifs is 1. The van der Waals surface area contributed by atoms with E-state index >= 15 is 0 Å². The van der Waals surface area contributed by atoms with E-state index in [1.807, 2.05) is 48.1 Å². The molecular weight excluding hydrogens is 356 g/mol. The molecule has 142 valence electrons. The summed E-state index contributed by atoms with van der Waals surface area (Å²) in [6.45, 7) is 4.91. The Hall–Kier alpha value is -3.55. The third kappa shape index (κ3) is 3.24. The van der Waals surface area contributed by atoms with Crippen LogP contribution in [0.3, 0.4) is 0 Å². The van der Waals surface area contributed by atoms with Crippen LogP contribution in [0, 0.1) is 6.92 Å². The molecule has 28 heavy (non-hydrogen) atoms. The molecule has 0 saturated carbocycles. The maximum absolute atomic E-state index is 13.2. The number of aryl methyl sites for hydroxylation is 2. The molecule has 8 nitrogen and oxygen atoms in total. The molecule has 0 bridgehead atoms. The van der Waals surface area contributed by atoms with Crippen molar-refractivity contribution in [1.29, 1.82) is 0 Å². The Morgan fingerprint density at radius 1 is 1.25 bits per heavy atom. The van der Waals surface area contributed by atoms with Gasteiger partial charge < -0.3 is 4.90 Å². The number of carbonyl (C=O) groups is 1. The fraction of sp³-hybridized carbons (Fsp3) is 0.250. The molecule has 0 aliphatic carbocycles. The van der Waals surface area contributed by atoms with E-state index < -0.39 is 0 Å². The van der Waals surface area contributed by atoms with E-state index in [9.17, 15) is 4.79 Å². The van der Waals surface area contributed by atoms with Crippen molar-refractivity contribution in [2.24, 2.45) is 0 Å². The Bertz CT molecular complexity index is 1150. The summed E-state index contributed by atoms with van der Waals surface area (Å²) in [4.78, 5) is 19.6. The SMILES string of the molecule is CCn1cc(-c2cc(C(=O)N(C)Cc3nonc3C)c3ccccc3n2)cn1. The van der Waals surface area contributed by atoms with E-state index in [0.717, 1.165) is 28.7 Å². The molecule has 0 radical (unpaired) electrons. The Morgan fingerprint density at radius 2 is 2.07 bits per heavy atom. The van der Waals surface area contributed by atoms with Crippen molar-refractivity contribution in [2.75, 3.05) is 7.05 Å². The topological polar surface area (TPSA) is 89.9 Å². The van der Waals surface area contributed by atoms with Gasteiger partial charge in [-0.15, -0.1) is 0 Å². The molecule has 0 aliphatic heterocycles. The van der Waals surface area contributed by atoms with Gasteiger partial charge in [0.05, 0.1) is 29.5 Å². The second-order valence-corrected chi connectivity index (χ2v) is 6.61. The van der Waals surface area contributed by atoms with Crippen LogP contribution in [-0.2, 0) is 13.1 Å². The molecule has 3 heterocycles. The largest absolute Gasteiger partial charge is 0.336 e. The fourth-order valence-corrected chi connectivity index (χ4v) is 3.06. The number of rotatable bonds is 5. The van der Waals surface area contributed by atoms with Crippen molar-refractivity contribution >= 4 is 16.8 Å². The summed E-state index contributed by atoms with van der Waals surface area (Å²) >= 11 is 0. The molecule has 8 heteroatoms. The standard InChI is InChI=1S/C20H20N6O2/c1-4-26-11-14(10-21-26)18-9-16(15-7-5-6-8-17(15)22-18)20(27)25(3)12-19-13(2)23-28-24-19/h5-11H,4,12H2,1-3H3. The molecule has 1 amide bonds. The number of nitrogens with zero attached hydrogens (tertiary/aromatic N) is 6. The highest BCUT2D eigenvalue weighted by molar-refractivity contribution is 6.07. The predicted molar refractivity (Wildman–Crippen MR) is 103 cm³/mol. The minimum absolute atomic E-state index is 0.120. The molecule has 1 aromatic carbocycles.